The molecule has 0 aromatic carbocycles. The maximum Gasteiger partial charge on any atom is 0.0235 e. The summed E-state index contributed by atoms with van der Waals surface area (Å²) in [6, 6.07) is 0.857. The van der Waals surface area contributed by atoms with E-state index >= 15 is 0 Å². The molecule has 0 bridgehead atoms. The first-order chi connectivity index (χ1) is 9.86. The summed E-state index contributed by atoms with van der Waals surface area (Å²) in [6.45, 7) is 7.60. The molecule has 20 heavy (non-hydrogen) atoms. The van der Waals surface area contributed by atoms with Crippen LogP contribution in [0.15, 0.2) is 0 Å². The van der Waals surface area contributed by atoms with Crippen LogP contribution in [-0.2, 0) is 0 Å². The molecule has 0 amide bonds. The summed E-state index contributed by atoms with van der Waals surface area (Å²) < 4.78 is 0. The topological polar surface area (TPSA) is 32.5 Å². The Morgan fingerprint density at radius 3 is 2.30 bits per heavy atom. The quantitative estimate of drug-likeness (QED) is 0.857. The Morgan fingerprint density at radius 2 is 1.55 bits per heavy atom. The van der Waals surface area contributed by atoms with Crippen LogP contribution in [0, 0.1) is 11.8 Å². The number of nitrogens with two attached hydrogens (primary N) is 1. The Bertz CT molecular complexity index is 288. The van der Waals surface area contributed by atoms with Crippen molar-refractivity contribution in [1.82, 2.24) is 9.80 Å². The summed E-state index contributed by atoms with van der Waals surface area (Å²) in [7, 11) is 0. The molecule has 1 saturated carbocycles. The predicted octanol–water partition coefficient (Wildman–Crippen LogP) is 2.31. The van der Waals surface area contributed by atoms with Gasteiger partial charge in [0, 0.05) is 19.1 Å². The van der Waals surface area contributed by atoms with Crippen molar-refractivity contribution in [2.45, 2.75) is 57.4 Å². The van der Waals surface area contributed by atoms with Gasteiger partial charge in [-0.1, -0.05) is 19.3 Å². The van der Waals surface area contributed by atoms with Crippen molar-refractivity contribution in [2.24, 2.45) is 17.6 Å². The molecule has 3 heteroatoms. The van der Waals surface area contributed by atoms with Gasteiger partial charge in [-0.15, -0.1) is 0 Å². The van der Waals surface area contributed by atoms with Gasteiger partial charge in [0.05, 0.1) is 0 Å². The van der Waals surface area contributed by atoms with Gasteiger partial charge in [-0.3, -0.25) is 4.90 Å². The number of rotatable bonds is 4. The Hall–Kier alpha value is -0.120. The zero-order valence-corrected chi connectivity index (χ0v) is 13.1. The Morgan fingerprint density at radius 1 is 0.800 bits per heavy atom. The van der Waals surface area contributed by atoms with Crippen molar-refractivity contribution >= 4 is 0 Å². The lowest BCUT2D eigenvalue weighted by Gasteiger charge is -2.35. The van der Waals surface area contributed by atoms with E-state index < -0.39 is 0 Å². The second-order valence-corrected chi connectivity index (χ2v) is 7.34. The van der Waals surface area contributed by atoms with Gasteiger partial charge in [0.25, 0.3) is 0 Å². The maximum atomic E-state index is 5.99. The van der Waals surface area contributed by atoms with Gasteiger partial charge < -0.3 is 10.6 Å². The molecule has 0 radical (unpaired) electrons. The summed E-state index contributed by atoms with van der Waals surface area (Å²) >= 11 is 0. The number of likely N-dealkylation sites (tertiary alicyclic amines) is 2. The van der Waals surface area contributed by atoms with Crippen molar-refractivity contribution in [3.63, 3.8) is 0 Å². The molecule has 2 heterocycles. The molecule has 3 aliphatic rings. The average molecular weight is 279 g/mol. The summed E-state index contributed by atoms with van der Waals surface area (Å²) in [5.41, 5.74) is 5.99. The van der Waals surface area contributed by atoms with E-state index in [0.29, 0.717) is 0 Å². The normalized spacial score (nSPS) is 37.4. The highest BCUT2D eigenvalue weighted by atomic mass is 15.3. The van der Waals surface area contributed by atoms with Crippen LogP contribution in [0.5, 0.6) is 0 Å². The van der Waals surface area contributed by atoms with Crippen LogP contribution in [0.4, 0.5) is 0 Å². The van der Waals surface area contributed by atoms with Gasteiger partial charge in [-0.2, -0.15) is 0 Å². The van der Waals surface area contributed by atoms with Crippen LogP contribution in [0.3, 0.4) is 0 Å². The third-order valence-electron chi connectivity index (χ3n) is 6.02. The molecule has 0 aromatic heterocycles. The summed E-state index contributed by atoms with van der Waals surface area (Å²) in [4.78, 5) is 5.52. The fourth-order valence-corrected chi connectivity index (χ4v) is 4.73. The minimum atomic E-state index is 0.804. The van der Waals surface area contributed by atoms with Gasteiger partial charge >= 0.3 is 0 Å². The van der Waals surface area contributed by atoms with Crippen LogP contribution in [0.1, 0.15) is 51.4 Å². The van der Waals surface area contributed by atoms with Gasteiger partial charge in [-0.05, 0) is 70.1 Å². The van der Waals surface area contributed by atoms with Crippen LogP contribution in [0.25, 0.3) is 0 Å². The molecule has 2 N–H and O–H groups in total. The van der Waals surface area contributed by atoms with Gasteiger partial charge in [-0.25, -0.2) is 0 Å². The minimum Gasteiger partial charge on any atom is -0.330 e. The number of nitrogens with zero attached hydrogens (tertiary/aromatic N) is 2. The van der Waals surface area contributed by atoms with Crippen LogP contribution in [-0.4, -0.2) is 55.1 Å². The molecule has 116 valence electrons. The van der Waals surface area contributed by atoms with E-state index in [1.807, 2.05) is 0 Å². The summed E-state index contributed by atoms with van der Waals surface area (Å²) in [5.74, 6) is 1.69. The molecule has 3 nitrogen and oxygen atoms in total. The smallest absolute Gasteiger partial charge is 0.0235 e. The zero-order valence-electron chi connectivity index (χ0n) is 13.1. The predicted molar refractivity (Wildman–Crippen MR) is 84.8 cm³/mol. The van der Waals surface area contributed by atoms with E-state index in [0.717, 1.165) is 24.4 Å². The van der Waals surface area contributed by atoms with Crippen molar-refractivity contribution in [1.29, 1.82) is 0 Å². The van der Waals surface area contributed by atoms with Crippen LogP contribution in [0.2, 0.25) is 0 Å². The van der Waals surface area contributed by atoms with Crippen molar-refractivity contribution < 1.29 is 0 Å². The highest BCUT2D eigenvalue weighted by molar-refractivity contribution is 4.87. The lowest BCUT2D eigenvalue weighted by Crippen LogP contribution is -2.42. The third-order valence-corrected chi connectivity index (χ3v) is 6.02. The minimum absolute atomic E-state index is 0.804. The van der Waals surface area contributed by atoms with Crippen molar-refractivity contribution in [3.05, 3.63) is 0 Å². The van der Waals surface area contributed by atoms with E-state index in [2.05, 4.69) is 9.80 Å². The molecule has 1 aliphatic carbocycles. The molecule has 3 unspecified atom stereocenters. The first kappa shape index (κ1) is 14.8. The van der Waals surface area contributed by atoms with E-state index in [-0.39, 0.29) is 0 Å². The molecule has 2 saturated heterocycles. The zero-order chi connectivity index (χ0) is 13.8. The first-order valence-corrected chi connectivity index (χ1v) is 9.03. The molecule has 2 aliphatic heterocycles. The Labute approximate surface area is 124 Å². The molecular formula is C17H33N3. The fraction of sp³-hybridized carbons (Fsp3) is 1.00. The third kappa shape index (κ3) is 3.55. The Kier molecular flexibility index (Phi) is 5.36. The molecule has 3 rings (SSSR count). The van der Waals surface area contributed by atoms with Crippen molar-refractivity contribution in [3.8, 4) is 0 Å². The molecule has 0 aromatic rings. The number of hydrogen-bond acceptors (Lipinski definition) is 3. The highest BCUT2D eigenvalue weighted by Gasteiger charge is 2.32. The maximum absolute atomic E-state index is 5.99. The first-order valence-electron chi connectivity index (χ1n) is 9.03. The SMILES string of the molecule is NCC1CCCCC1CN1CCC(N2CCCCC2)C1. The standard InChI is InChI=1S/C17H33N3/c18-12-15-6-2-3-7-16(15)13-19-11-8-17(14-19)20-9-4-1-5-10-20/h15-17H,1-14,18H2. The van der Waals surface area contributed by atoms with E-state index in [1.54, 1.807) is 0 Å². The van der Waals surface area contributed by atoms with Crippen molar-refractivity contribution in [2.75, 3.05) is 39.3 Å². The van der Waals surface area contributed by atoms with E-state index in [9.17, 15) is 0 Å². The fourth-order valence-electron chi connectivity index (χ4n) is 4.73. The average Bonchev–Trinajstić information content (AvgIpc) is 2.97. The molecular weight excluding hydrogens is 246 g/mol. The lowest BCUT2D eigenvalue weighted by atomic mass is 9.79. The van der Waals surface area contributed by atoms with Crippen LogP contribution >= 0.6 is 0 Å². The number of piperidine rings is 1. The lowest BCUT2D eigenvalue weighted by molar-refractivity contribution is 0.142. The summed E-state index contributed by atoms with van der Waals surface area (Å²) in [6.07, 6.45) is 11.4. The van der Waals surface area contributed by atoms with Gasteiger partial charge in [0.2, 0.25) is 0 Å². The molecule has 3 atom stereocenters. The summed E-state index contributed by atoms with van der Waals surface area (Å²) in [5, 5.41) is 0. The van der Waals surface area contributed by atoms with Gasteiger partial charge in [0.15, 0.2) is 0 Å². The Balaban J connectivity index is 1.47. The van der Waals surface area contributed by atoms with Crippen LogP contribution < -0.4 is 5.73 Å². The second-order valence-electron chi connectivity index (χ2n) is 7.34. The molecule has 0 spiro atoms. The van der Waals surface area contributed by atoms with Gasteiger partial charge in [0.1, 0.15) is 0 Å². The monoisotopic (exact) mass is 279 g/mol. The van der Waals surface area contributed by atoms with E-state index in [1.165, 1.54) is 84.1 Å². The second kappa shape index (κ2) is 7.24. The van der Waals surface area contributed by atoms with E-state index in [4.69, 9.17) is 5.73 Å². The molecule has 3 fully saturated rings. The largest absolute Gasteiger partial charge is 0.330 e. The number of hydrogen-bond donors (Lipinski definition) is 1. The highest BCUT2D eigenvalue weighted by Crippen LogP contribution is 2.31.